The number of pyridine rings is 1. The van der Waals surface area contributed by atoms with Crippen LogP contribution in [0.5, 0.6) is 0 Å². The van der Waals surface area contributed by atoms with E-state index in [1.807, 2.05) is 30.3 Å². The van der Waals surface area contributed by atoms with Gasteiger partial charge in [-0.15, -0.1) is 0 Å². The van der Waals surface area contributed by atoms with Crippen molar-refractivity contribution in [3.8, 4) is 6.07 Å². The van der Waals surface area contributed by atoms with Crippen LogP contribution >= 0.6 is 50.7 Å². The van der Waals surface area contributed by atoms with Crippen molar-refractivity contribution in [2.24, 2.45) is 5.10 Å². The van der Waals surface area contributed by atoms with Gasteiger partial charge in [-0.25, -0.2) is 4.98 Å². The Morgan fingerprint density at radius 2 is 1.95 bits per heavy atom. The van der Waals surface area contributed by atoms with Gasteiger partial charge in [0.2, 0.25) is 0 Å². The summed E-state index contributed by atoms with van der Waals surface area (Å²) in [6.07, 6.45) is 1.59. The number of halogens is 4. The summed E-state index contributed by atoms with van der Waals surface area (Å²) in [5.74, 6) is 0.175. The molecule has 21 heavy (non-hydrogen) atoms. The Hall–Kier alpha value is -1.32. The fraction of sp³-hybridized carbons (Fsp3) is 0. The van der Waals surface area contributed by atoms with Crippen molar-refractivity contribution < 1.29 is 0 Å². The number of benzene rings is 1. The summed E-state index contributed by atoms with van der Waals surface area (Å²) in [4.78, 5) is 3.95. The Bertz CT molecular complexity index is 756. The second-order valence-corrected chi connectivity index (χ2v) is 5.73. The van der Waals surface area contributed by atoms with Crippen molar-refractivity contribution >= 4 is 62.8 Å². The summed E-state index contributed by atoms with van der Waals surface area (Å²) >= 11 is 21.2. The number of anilines is 1. The smallest absolute Gasteiger partial charge is 0.168 e. The molecule has 0 aliphatic rings. The average molecular weight is 404 g/mol. The van der Waals surface area contributed by atoms with Gasteiger partial charge >= 0.3 is 0 Å². The summed E-state index contributed by atoms with van der Waals surface area (Å²) in [5.41, 5.74) is 3.55. The number of nitrogens with one attached hydrogen (secondary N) is 1. The fourth-order valence-corrected chi connectivity index (χ4v) is 2.48. The lowest BCUT2D eigenvalue weighted by molar-refractivity contribution is 1.22. The first-order valence-corrected chi connectivity index (χ1v) is 7.45. The molecule has 0 saturated heterocycles. The van der Waals surface area contributed by atoms with E-state index < -0.39 is 0 Å². The van der Waals surface area contributed by atoms with E-state index in [0.717, 1.165) is 10.0 Å². The first-order valence-electron chi connectivity index (χ1n) is 5.52. The van der Waals surface area contributed by atoms with Crippen molar-refractivity contribution in [2.45, 2.75) is 0 Å². The highest BCUT2D eigenvalue weighted by atomic mass is 79.9. The molecule has 0 spiro atoms. The van der Waals surface area contributed by atoms with Crippen LogP contribution in [0, 0.1) is 11.3 Å². The van der Waals surface area contributed by atoms with E-state index in [2.05, 4.69) is 31.4 Å². The minimum atomic E-state index is -0.0366. The predicted molar refractivity (Wildman–Crippen MR) is 89.3 cm³/mol. The normalized spacial score (nSPS) is 10.6. The van der Waals surface area contributed by atoms with Crippen molar-refractivity contribution in [1.29, 1.82) is 5.26 Å². The lowest BCUT2D eigenvalue weighted by Crippen LogP contribution is -1.98. The molecule has 8 heteroatoms. The van der Waals surface area contributed by atoms with Crippen LogP contribution in [0.2, 0.25) is 15.2 Å². The molecule has 0 aliphatic carbocycles. The Kier molecular flexibility index (Phi) is 5.43. The number of hydrogen-bond acceptors (Lipinski definition) is 4. The fourth-order valence-electron chi connectivity index (χ4n) is 1.42. The van der Waals surface area contributed by atoms with E-state index in [9.17, 15) is 0 Å². The SMILES string of the molecule is N#Cc1c(Cl)nc(NN=Cc2ccccc2Br)c(Cl)c1Cl. The van der Waals surface area contributed by atoms with Crippen LogP contribution in [0.3, 0.4) is 0 Å². The number of hydrogen-bond donors (Lipinski definition) is 1. The van der Waals surface area contributed by atoms with Crippen molar-refractivity contribution in [3.63, 3.8) is 0 Å². The van der Waals surface area contributed by atoms with Crippen LogP contribution in [-0.4, -0.2) is 11.2 Å². The van der Waals surface area contributed by atoms with Crippen LogP contribution in [0.4, 0.5) is 5.82 Å². The molecule has 2 aromatic rings. The highest BCUT2D eigenvalue weighted by Crippen LogP contribution is 2.34. The van der Waals surface area contributed by atoms with Crippen LogP contribution in [-0.2, 0) is 0 Å². The van der Waals surface area contributed by atoms with Gasteiger partial charge in [0, 0.05) is 10.0 Å². The first-order chi connectivity index (χ1) is 10.0. The van der Waals surface area contributed by atoms with Crippen LogP contribution in [0.1, 0.15) is 11.1 Å². The quantitative estimate of drug-likeness (QED) is 0.439. The van der Waals surface area contributed by atoms with Gasteiger partial charge in [0.05, 0.1) is 11.2 Å². The summed E-state index contributed by atoms with van der Waals surface area (Å²) in [6.45, 7) is 0. The molecule has 0 saturated carbocycles. The van der Waals surface area contributed by atoms with E-state index in [1.165, 1.54) is 0 Å². The summed E-state index contributed by atoms with van der Waals surface area (Å²) in [5, 5.41) is 13.0. The molecule has 106 valence electrons. The molecule has 0 bridgehead atoms. The van der Waals surface area contributed by atoms with Gasteiger partial charge in [-0.3, -0.25) is 5.43 Å². The third-order valence-corrected chi connectivity index (χ3v) is 4.27. The van der Waals surface area contributed by atoms with Gasteiger partial charge in [-0.1, -0.05) is 68.9 Å². The van der Waals surface area contributed by atoms with Crippen molar-refractivity contribution in [1.82, 2.24) is 4.98 Å². The molecule has 1 heterocycles. The van der Waals surface area contributed by atoms with Gasteiger partial charge in [0.25, 0.3) is 0 Å². The Balaban J connectivity index is 2.26. The average Bonchev–Trinajstić information content (AvgIpc) is 2.46. The van der Waals surface area contributed by atoms with Crippen molar-refractivity contribution in [2.75, 3.05) is 5.43 Å². The van der Waals surface area contributed by atoms with E-state index in [4.69, 9.17) is 40.1 Å². The van der Waals surface area contributed by atoms with E-state index in [-0.39, 0.29) is 26.6 Å². The van der Waals surface area contributed by atoms with Gasteiger partial charge in [0.15, 0.2) is 11.0 Å². The summed E-state index contributed by atoms with van der Waals surface area (Å²) in [7, 11) is 0. The monoisotopic (exact) mass is 402 g/mol. The van der Waals surface area contributed by atoms with Crippen LogP contribution in [0.25, 0.3) is 0 Å². The highest BCUT2D eigenvalue weighted by Gasteiger charge is 2.15. The van der Waals surface area contributed by atoms with Gasteiger partial charge in [0.1, 0.15) is 16.7 Å². The van der Waals surface area contributed by atoms with E-state index >= 15 is 0 Å². The number of aromatic nitrogens is 1. The van der Waals surface area contributed by atoms with Gasteiger partial charge in [-0.05, 0) is 6.07 Å². The second-order valence-electron chi connectivity index (χ2n) is 3.76. The maximum atomic E-state index is 8.90. The zero-order valence-electron chi connectivity index (χ0n) is 10.2. The topological polar surface area (TPSA) is 61.1 Å². The molecule has 1 N–H and O–H groups in total. The second kappa shape index (κ2) is 7.10. The summed E-state index contributed by atoms with van der Waals surface area (Å²) < 4.78 is 0.894. The van der Waals surface area contributed by atoms with Crippen LogP contribution < -0.4 is 5.43 Å². The predicted octanol–water partition coefficient (Wildman–Crippen LogP) is 5.12. The molecule has 1 aromatic carbocycles. The molecule has 4 nitrogen and oxygen atoms in total. The number of rotatable bonds is 3. The summed E-state index contributed by atoms with van der Waals surface area (Å²) in [6, 6.07) is 9.38. The molecular weight excluding hydrogens is 398 g/mol. The lowest BCUT2D eigenvalue weighted by atomic mass is 10.2. The first kappa shape index (κ1) is 16.1. The maximum Gasteiger partial charge on any atom is 0.168 e. The number of nitriles is 1. The molecule has 0 amide bonds. The molecular formula is C13H6BrCl3N4. The van der Waals surface area contributed by atoms with E-state index in [0.29, 0.717) is 0 Å². The maximum absolute atomic E-state index is 8.90. The largest absolute Gasteiger partial charge is 0.260 e. The molecule has 2 rings (SSSR count). The third kappa shape index (κ3) is 3.66. The van der Waals surface area contributed by atoms with Gasteiger partial charge in [-0.2, -0.15) is 10.4 Å². The molecule has 1 aromatic heterocycles. The minimum Gasteiger partial charge on any atom is -0.260 e. The Morgan fingerprint density at radius 1 is 1.24 bits per heavy atom. The third-order valence-electron chi connectivity index (χ3n) is 2.43. The highest BCUT2D eigenvalue weighted by molar-refractivity contribution is 9.10. The molecule has 0 radical (unpaired) electrons. The zero-order valence-corrected chi connectivity index (χ0v) is 14.1. The molecule has 0 aliphatic heterocycles. The number of hydrazone groups is 1. The van der Waals surface area contributed by atoms with E-state index in [1.54, 1.807) is 6.21 Å². The molecule has 0 unspecified atom stereocenters. The standard InChI is InChI=1S/C13H6BrCl3N4/c14-9-4-2-1-3-7(9)6-19-21-13-11(16)10(15)8(5-18)12(17)20-13/h1-4,6H,(H,20,21). The lowest BCUT2D eigenvalue weighted by Gasteiger charge is -2.06. The van der Waals surface area contributed by atoms with Crippen LogP contribution in [0.15, 0.2) is 33.8 Å². The zero-order chi connectivity index (χ0) is 15.4. The Labute approximate surface area is 144 Å². The minimum absolute atomic E-state index is 0.0312. The van der Waals surface area contributed by atoms with Crippen molar-refractivity contribution in [3.05, 3.63) is 55.1 Å². The number of nitrogens with zero attached hydrogens (tertiary/aromatic N) is 3. The molecule has 0 atom stereocenters. The Morgan fingerprint density at radius 3 is 2.62 bits per heavy atom. The van der Waals surface area contributed by atoms with Gasteiger partial charge < -0.3 is 0 Å². The molecule has 0 fully saturated rings.